The van der Waals surface area contributed by atoms with Crippen LogP contribution in [0.15, 0.2) is 60.7 Å². The van der Waals surface area contributed by atoms with Gasteiger partial charge in [-0.1, -0.05) is 55.8 Å². The summed E-state index contributed by atoms with van der Waals surface area (Å²) in [5.74, 6) is -0.0220. The zero-order valence-electron chi connectivity index (χ0n) is 17.7. The molecular weight excluding hydrogens is 378 g/mol. The summed E-state index contributed by atoms with van der Waals surface area (Å²) in [6, 6.07) is 18.4. The van der Waals surface area contributed by atoms with E-state index in [0.717, 1.165) is 18.2 Å². The Kier molecular flexibility index (Phi) is 7.07. The molecule has 3 aromatic rings. The lowest BCUT2D eigenvalue weighted by Gasteiger charge is -2.20. The lowest BCUT2D eigenvalue weighted by Crippen LogP contribution is -2.33. The first-order chi connectivity index (χ1) is 14.6. The molecule has 3 aromatic carbocycles. The molecule has 156 valence electrons. The maximum Gasteiger partial charge on any atom is 0.415 e. The van der Waals surface area contributed by atoms with E-state index in [9.17, 15) is 9.59 Å². The molecule has 0 saturated carbocycles. The molecule has 0 radical (unpaired) electrons. The SMILES string of the molecule is CCCc1ccc(C(=O)Oc2ccc3ccccc3c2OC(=O)N(CC)CC)cc1. The molecule has 0 spiro atoms. The van der Waals surface area contributed by atoms with Gasteiger partial charge in [0.2, 0.25) is 0 Å². The van der Waals surface area contributed by atoms with E-state index >= 15 is 0 Å². The molecule has 3 rings (SSSR count). The van der Waals surface area contributed by atoms with Gasteiger partial charge in [-0.3, -0.25) is 0 Å². The fourth-order valence-corrected chi connectivity index (χ4v) is 3.30. The monoisotopic (exact) mass is 405 g/mol. The van der Waals surface area contributed by atoms with E-state index in [0.29, 0.717) is 24.0 Å². The summed E-state index contributed by atoms with van der Waals surface area (Å²) < 4.78 is 11.4. The van der Waals surface area contributed by atoms with Crippen LogP contribution in [0, 0.1) is 0 Å². The van der Waals surface area contributed by atoms with Gasteiger partial charge in [-0.2, -0.15) is 0 Å². The van der Waals surface area contributed by atoms with Crippen LogP contribution in [0.1, 0.15) is 43.1 Å². The molecule has 30 heavy (non-hydrogen) atoms. The van der Waals surface area contributed by atoms with Crippen molar-refractivity contribution in [1.29, 1.82) is 0 Å². The van der Waals surface area contributed by atoms with E-state index in [1.54, 1.807) is 23.1 Å². The van der Waals surface area contributed by atoms with E-state index in [1.807, 2.05) is 56.3 Å². The van der Waals surface area contributed by atoms with Crippen molar-refractivity contribution in [3.8, 4) is 11.5 Å². The molecule has 0 N–H and O–H groups in total. The van der Waals surface area contributed by atoms with Gasteiger partial charge in [-0.05, 0) is 49.4 Å². The van der Waals surface area contributed by atoms with Gasteiger partial charge in [0.15, 0.2) is 11.5 Å². The van der Waals surface area contributed by atoms with E-state index in [-0.39, 0.29) is 11.5 Å². The minimum Gasteiger partial charge on any atom is -0.419 e. The topological polar surface area (TPSA) is 55.8 Å². The van der Waals surface area contributed by atoms with Gasteiger partial charge in [0, 0.05) is 18.5 Å². The number of ether oxygens (including phenoxy) is 2. The Morgan fingerprint density at radius 2 is 1.53 bits per heavy atom. The third kappa shape index (κ3) is 4.79. The second-order valence-electron chi connectivity index (χ2n) is 6.99. The first kappa shape index (κ1) is 21.4. The van der Waals surface area contributed by atoms with Crippen LogP contribution in [0.4, 0.5) is 4.79 Å². The number of fused-ring (bicyclic) bond motifs is 1. The van der Waals surface area contributed by atoms with Crippen LogP contribution in [0.5, 0.6) is 11.5 Å². The molecule has 5 nitrogen and oxygen atoms in total. The van der Waals surface area contributed by atoms with E-state index in [2.05, 4.69) is 6.92 Å². The Balaban J connectivity index is 1.92. The van der Waals surface area contributed by atoms with Gasteiger partial charge < -0.3 is 14.4 Å². The van der Waals surface area contributed by atoms with Crippen LogP contribution in [0.2, 0.25) is 0 Å². The predicted molar refractivity (Wildman–Crippen MR) is 118 cm³/mol. The summed E-state index contributed by atoms with van der Waals surface area (Å²) in [5, 5.41) is 1.60. The molecule has 0 aliphatic carbocycles. The van der Waals surface area contributed by atoms with Crippen LogP contribution >= 0.6 is 0 Å². The molecule has 5 heteroatoms. The number of nitrogens with zero attached hydrogens (tertiary/aromatic N) is 1. The van der Waals surface area contributed by atoms with Crippen molar-refractivity contribution in [2.75, 3.05) is 13.1 Å². The minimum absolute atomic E-state index is 0.219. The number of amides is 1. The van der Waals surface area contributed by atoms with Crippen LogP contribution in [0.25, 0.3) is 10.8 Å². The van der Waals surface area contributed by atoms with Crippen molar-refractivity contribution in [2.24, 2.45) is 0 Å². The average molecular weight is 405 g/mol. The van der Waals surface area contributed by atoms with Crippen LogP contribution < -0.4 is 9.47 Å². The van der Waals surface area contributed by atoms with E-state index in [4.69, 9.17) is 9.47 Å². The predicted octanol–water partition coefficient (Wildman–Crippen LogP) is 5.85. The van der Waals surface area contributed by atoms with Gasteiger partial charge in [0.1, 0.15) is 0 Å². The number of esters is 1. The van der Waals surface area contributed by atoms with Crippen molar-refractivity contribution in [2.45, 2.75) is 33.6 Å². The summed E-state index contributed by atoms with van der Waals surface area (Å²) >= 11 is 0. The number of carbonyl (C=O) groups excluding carboxylic acids is 2. The summed E-state index contributed by atoms with van der Waals surface area (Å²) in [7, 11) is 0. The summed E-state index contributed by atoms with van der Waals surface area (Å²) in [4.78, 5) is 26.9. The number of rotatable bonds is 7. The minimum atomic E-state index is -0.492. The summed E-state index contributed by atoms with van der Waals surface area (Å²) in [5.41, 5.74) is 1.62. The maximum absolute atomic E-state index is 12.7. The molecule has 0 aliphatic heterocycles. The standard InChI is InChI=1S/C25H27NO4/c1-4-9-18-12-14-20(15-13-18)24(27)29-22-17-16-19-10-7-8-11-21(19)23(22)30-25(28)26(5-2)6-3/h7-8,10-17H,4-6,9H2,1-3H3. The van der Waals surface area contributed by atoms with Crippen LogP contribution in [0.3, 0.4) is 0 Å². The molecule has 0 bridgehead atoms. The van der Waals surface area contributed by atoms with Gasteiger partial charge in [0.25, 0.3) is 0 Å². The molecule has 0 atom stereocenters. The maximum atomic E-state index is 12.7. The first-order valence-corrected chi connectivity index (χ1v) is 10.4. The Hall–Kier alpha value is -3.34. The highest BCUT2D eigenvalue weighted by Gasteiger charge is 2.20. The van der Waals surface area contributed by atoms with Crippen molar-refractivity contribution in [3.05, 3.63) is 71.8 Å². The summed E-state index contributed by atoms with van der Waals surface area (Å²) in [6.45, 7) is 6.94. The quantitative estimate of drug-likeness (QED) is 0.365. The smallest absolute Gasteiger partial charge is 0.415 e. The van der Waals surface area contributed by atoms with Gasteiger partial charge in [0.05, 0.1) is 5.56 Å². The average Bonchev–Trinajstić information content (AvgIpc) is 2.77. The Morgan fingerprint density at radius 1 is 0.833 bits per heavy atom. The Bertz CT molecular complexity index is 1020. The fourth-order valence-electron chi connectivity index (χ4n) is 3.30. The van der Waals surface area contributed by atoms with E-state index in [1.165, 1.54) is 5.56 Å². The number of hydrogen-bond donors (Lipinski definition) is 0. The second-order valence-corrected chi connectivity index (χ2v) is 6.99. The Morgan fingerprint density at radius 3 is 2.20 bits per heavy atom. The number of carbonyl (C=O) groups is 2. The Labute approximate surface area is 177 Å². The van der Waals surface area contributed by atoms with Crippen molar-refractivity contribution in [3.63, 3.8) is 0 Å². The van der Waals surface area contributed by atoms with Gasteiger partial charge in [-0.15, -0.1) is 0 Å². The molecule has 0 unspecified atom stereocenters. The highest BCUT2D eigenvalue weighted by atomic mass is 16.6. The van der Waals surface area contributed by atoms with Crippen molar-refractivity contribution >= 4 is 22.8 Å². The van der Waals surface area contributed by atoms with Crippen molar-refractivity contribution < 1.29 is 19.1 Å². The molecule has 0 aliphatic rings. The lowest BCUT2D eigenvalue weighted by atomic mass is 10.1. The molecule has 0 aromatic heterocycles. The zero-order valence-corrected chi connectivity index (χ0v) is 17.7. The third-order valence-electron chi connectivity index (χ3n) is 4.99. The lowest BCUT2D eigenvalue weighted by molar-refractivity contribution is 0.0728. The second kappa shape index (κ2) is 9.92. The van der Waals surface area contributed by atoms with Gasteiger partial charge >= 0.3 is 12.1 Å². The highest BCUT2D eigenvalue weighted by molar-refractivity contribution is 5.96. The molecule has 1 amide bonds. The van der Waals surface area contributed by atoms with Gasteiger partial charge in [-0.25, -0.2) is 9.59 Å². The number of aryl methyl sites for hydroxylation is 1. The first-order valence-electron chi connectivity index (χ1n) is 10.4. The largest absolute Gasteiger partial charge is 0.419 e. The highest BCUT2D eigenvalue weighted by Crippen LogP contribution is 2.36. The molecule has 0 fully saturated rings. The zero-order chi connectivity index (χ0) is 21.5. The summed E-state index contributed by atoms with van der Waals surface area (Å²) in [6.07, 6.45) is 1.53. The third-order valence-corrected chi connectivity index (χ3v) is 4.99. The number of benzene rings is 3. The normalized spacial score (nSPS) is 10.6. The number of hydrogen-bond acceptors (Lipinski definition) is 4. The van der Waals surface area contributed by atoms with E-state index < -0.39 is 12.1 Å². The van der Waals surface area contributed by atoms with Crippen LogP contribution in [-0.4, -0.2) is 30.1 Å². The molecule has 0 heterocycles. The molecular formula is C25H27NO4. The van der Waals surface area contributed by atoms with Crippen molar-refractivity contribution in [1.82, 2.24) is 4.90 Å². The van der Waals surface area contributed by atoms with Crippen LogP contribution in [-0.2, 0) is 6.42 Å². The molecule has 0 saturated heterocycles. The fraction of sp³-hybridized carbons (Fsp3) is 0.280.